The second-order valence-electron chi connectivity index (χ2n) is 15.6. The standard InChI is InChI=1S/C38H63N5O6S/c1-7-10-19-30(33(44)34(45)39-23-8-2)40-27(6)32-29-18-16-17-28(29)25-43(32)35(46)38(9-3,26(4)5)42-36(47)41-37(21-13-11-14-22-37)31-20-12-15-24-50(31,48)49/h8,26,28-32,40H,2,6-7,9-25H2,1,3-5H3,(H,39,45)(H2,41,42,47)/t28-,29-,30-,31+,32+,38?/m0/s1. The number of likely N-dealkylation sites (tertiary alicyclic amines) is 1. The van der Waals surface area contributed by atoms with Crippen molar-refractivity contribution in [2.24, 2.45) is 17.8 Å². The molecule has 4 rings (SSSR count). The Bertz CT molecular complexity index is 1380. The van der Waals surface area contributed by atoms with Gasteiger partial charge in [0, 0.05) is 18.8 Å². The molecule has 0 aromatic carbocycles. The number of fused-ring (bicyclic) bond motifs is 1. The van der Waals surface area contributed by atoms with Gasteiger partial charge in [-0.2, -0.15) is 0 Å². The van der Waals surface area contributed by atoms with Gasteiger partial charge in [0.05, 0.1) is 28.6 Å². The molecule has 6 atom stereocenters. The van der Waals surface area contributed by atoms with Gasteiger partial charge in [0.15, 0.2) is 9.84 Å². The average molecular weight is 718 g/mol. The van der Waals surface area contributed by atoms with E-state index in [9.17, 15) is 27.6 Å². The molecule has 2 saturated heterocycles. The van der Waals surface area contributed by atoms with Crippen LogP contribution in [0.15, 0.2) is 24.9 Å². The number of nitrogens with one attached hydrogen (secondary N) is 4. The smallest absolute Gasteiger partial charge is 0.316 e. The first-order valence-corrected chi connectivity index (χ1v) is 21.0. The highest BCUT2D eigenvalue weighted by atomic mass is 32.2. The molecule has 0 radical (unpaired) electrons. The van der Waals surface area contributed by atoms with Crippen LogP contribution in [0.2, 0.25) is 0 Å². The molecule has 4 N–H and O–H groups in total. The van der Waals surface area contributed by atoms with Crippen molar-refractivity contribution in [1.82, 2.24) is 26.2 Å². The molecule has 2 aliphatic heterocycles. The minimum Gasteiger partial charge on any atom is -0.377 e. The first-order chi connectivity index (χ1) is 23.8. The molecule has 11 nitrogen and oxygen atoms in total. The summed E-state index contributed by atoms with van der Waals surface area (Å²) in [5.41, 5.74) is -1.57. The van der Waals surface area contributed by atoms with Crippen molar-refractivity contribution < 1.29 is 27.6 Å². The van der Waals surface area contributed by atoms with Gasteiger partial charge in [-0.25, -0.2) is 13.2 Å². The molecular formula is C38H63N5O6S. The Morgan fingerprint density at radius 1 is 1.00 bits per heavy atom. The van der Waals surface area contributed by atoms with Crippen LogP contribution in [0.4, 0.5) is 4.79 Å². The molecule has 2 heterocycles. The van der Waals surface area contributed by atoms with Crippen molar-refractivity contribution in [2.45, 2.75) is 152 Å². The van der Waals surface area contributed by atoms with Crippen LogP contribution in [0.25, 0.3) is 0 Å². The van der Waals surface area contributed by atoms with Crippen molar-refractivity contribution in [3.63, 3.8) is 0 Å². The van der Waals surface area contributed by atoms with E-state index < -0.39 is 56.0 Å². The molecule has 50 heavy (non-hydrogen) atoms. The monoisotopic (exact) mass is 717 g/mol. The third-order valence-electron chi connectivity index (χ3n) is 12.2. The molecule has 1 unspecified atom stereocenters. The van der Waals surface area contributed by atoms with Crippen LogP contribution < -0.4 is 21.3 Å². The van der Waals surface area contributed by atoms with Crippen molar-refractivity contribution >= 4 is 33.5 Å². The van der Waals surface area contributed by atoms with Crippen molar-refractivity contribution in [3.05, 3.63) is 24.9 Å². The maximum Gasteiger partial charge on any atom is 0.316 e. The summed E-state index contributed by atoms with van der Waals surface area (Å²) in [6.07, 6.45) is 12.7. The van der Waals surface area contributed by atoms with Gasteiger partial charge in [-0.1, -0.05) is 85.3 Å². The lowest BCUT2D eigenvalue weighted by Gasteiger charge is -2.47. The molecule has 0 aromatic heterocycles. The number of rotatable bonds is 16. The summed E-state index contributed by atoms with van der Waals surface area (Å²) < 4.78 is 26.7. The number of sulfone groups is 1. The van der Waals surface area contributed by atoms with Gasteiger partial charge in [-0.3, -0.25) is 14.4 Å². The highest BCUT2D eigenvalue weighted by Gasteiger charge is 2.54. The summed E-state index contributed by atoms with van der Waals surface area (Å²) in [6.45, 7) is 16.5. The Balaban J connectivity index is 1.60. The molecule has 4 aliphatic rings. The van der Waals surface area contributed by atoms with E-state index in [2.05, 4.69) is 34.4 Å². The molecule has 0 aromatic rings. The zero-order chi connectivity index (χ0) is 36.7. The first-order valence-electron chi connectivity index (χ1n) is 19.3. The maximum atomic E-state index is 15.0. The van der Waals surface area contributed by atoms with E-state index in [0.29, 0.717) is 50.8 Å². The lowest BCUT2D eigenvalue weighted by Crippen LogP contribution is -2.69. The van der Waals surface area contributed by atoms with Gasteiger partial charge in [-0.15, -0.1) is 6.58 Å². The van der Waals surface area contributed by atoms with Crippen LogP contribution in [-0.2, 0) is 24.2 Å². The quantitative estimate of drug-likeness (QED) is 0.131. The summed E-state index contributed by atoms with van der Waals surface area (Å²) in [4.78, 5) is 57.0. The Kier molecular flexibility index (Phi) is 13.6. The molecule has 0 bridgehead atoms. The van der Waals surface area contributed by atoms with Crippen LogP contribution in [0.3, 0.4) is 0 Å². The summed E-state index contributed by atoms with van der Waals surface area (Å²) in [7, 11) is -3.37. The highest BCUT2D eigenvalue weighted by molar-refractivity contribution is 7.92. The first kappa shape index (κ1) is 39.9. The molecule has 2 saturated carbocycles. The summed E-state index contributed by atoms with van der Waals surface area (Å²) in [5.74, 6) is -1.17. The number of carbonyl (C=O) groups is 4. The van der Waals surface area contributed by atoms with Gasteiger partial charge < -0.3 is 26.2 Å². The Hall–Kier alpha value is -2.89. The van der Waals surface area contributed by atoms with Gasteiger partial charge in [-0.05, 0) is 69.1 Å². The fraction of sp³-hybridized carbons (Fsp3) is 0.789. The largest absolute Gasteiger partial charge is 0.377 e. The van der Waals surface area contributed by atoms with E-state index in [4.69, 9.17) is 0 Å². The third-order valence-corrected chi connectivity index (χ3v) is 14.6. The lowest BCUT2D eigenvalue weighted by molar-refractivity contribution is -0.141. The molecule has 282 valence electrons. The van der Waals surface area contributed by atoms with Crippen LogP contribution in [-0.4, -0.2) is 84.2 Å². The van der Waals surface area contributed by atoms with Crippen molar-refractivity contribution in [1.29, 1.82) is 0 Å². The topological polar surface area (TPSA) is 154 Å². The van der Waals surface area contributed by atoms with Crippen LogP contribution in [0.5, 0.6) is 0 Å². The molecule has 2 aliphatic carbocycles. The van der Waals surface area contributed by atoms with E-state index in [-0.39, 0.29) is 36.0 Å². The van der Waals surface area contributed by atoms with E-state index >= 15 is 0 Å². The molecular weight excluding hydrogens is 655 g/mol. The second kappa shape index (κ2) is 17.1. The number of urea groups is 1. The predicted molar refractivity (Wildman–Crippen MR) is 197 cm³/mol. The Morgan fingerprint density at radius 2 is 1.72 bits per heavy atom. The number of amides is 4. The predicted octanol–water partition coefficient (Wildman–Crippen LogP) is 4.92. The normalized spacial score (nSPS) is 27.3. The van der Waals surface area contributed by atoms with E-state index in [0.717, 1.165) is 57.8 Å². The number of ketones is 1. The SMILES string of the molecule is C=CCNC(=O)C(=O)[C@H](CCCC)NC(=C)[C@@H]1[C@H]2CCC[C@H]2CN1C(=O)C(CC)(NC(=O)NC1([C@H]2CCCCS2(=O)=O)CCCCC1)C(C)C. The average Bonchev–Trinajstić information content (AvgIpc) is 3.69. The van der Waals surface area contributed by atoms with Crippen molar-refractivity contribution in [2.75, 3.05) is 18.8 Å². The number of nitrogens with zero attached hydrogens (tertiary/aromatic N) is 1. The second-order valence-corrected chi connectivity index (χ2v) is 17.9. The molecule has 0 spiro atoms. The fourth-order valence-corrected chi connectivity index (χ4v) is 11.9. The third kappa shape index (κ3) is 8.42. The lowest BCUT2D eigenvalue weighted by atomic mass is 9.77. The molecule has 4 amide bonds. The zero-order valence-corrected chi connectivity index (χ0v) is 31.8. The fourth-order valence-electron chi connectivity index (χ4n) is 9.45. The van der Waals surface area contributed by atoms with Crippen LogP contribution >= 0.6 is 0 Å². The van der Waals surface area contributed by atoms with Gasteiger partial charge in [0.2, 0.25) is 11.7 Å². The summed E-state index contributed by atoms with van der Waals surface area (Å²) in [6, 6.07) is -1.69. The number of Topliss-reactive ketones (excluding diaryl/α,β-unsaturated/α-hetero) is 1. The van der Waals surface area contributed by atoms with Gasteiger partial charge in [0.1, 0.15) is 5.54 Å². The number of hydrogen-bond acceptors (Lipinski definition) is 7. The minimum atomic E-state index is -3.37. The summed E-state index contributed by atoms with van der Waals surface area (Å²) >= 11 is 0. The molecule has 4 fully saturated rings. The Labute approximate surface area is 300 Å². The van der Waals surface area contributed by atoms with Crippen LogP contribution in [0, 0.1) is 17.8 Å². The maximum absolute atomic E-state index is 15.0. The van der Waals surface area contributed by atoms with Crippen LogP contribution in [0.1, 0.15) is 124 Å². The number of carbonyl (C=O) groups excluding carboxylic acids is 4. The number of unbranched alkanes of at least 4 members (excludes halogenated alkanes) is 1. The van der Waals surface area contributed by atoms with Gasteiger partial charge >= 0.3 is 6.03 Å². The Morgan fingerprint density at radius 3 is 2.34 bits per heavy atom. The van der Waals surface area contributed by atoms with E-state index in [1.54, 1.807) is 0 Å². The number of hydrogen-bond donors (Lipinski definition) is 4. The zero-order valence-electron chi connectivity index (χ0n) is 31.0. The van der Waals surface area contributed by atoms with E-state index in [1.807, 2.05) is 32.6 Å². The summed E-state index contributed by atoms with van der Waals surface area (Å²) in [5, 5.41) is 11.6. The van der Waals surface area contributed by atoms with Gasteiger partial charge in [0.25, 0.3) is 5.91 Å². The minimum absolute atomic E-state index is 0.146. The van der Waals surface area contributed by atoms with E-state index in [1.165, 1.54) is 6.08 Å². The molecule has 12 heteroatoms. The highest BCUT2D eigenvalue weighted by Crippen LogP contribution is 2.46. The van der Waals surface area contributed by atoms with Crippen molar-refractivity contribution in [3.8, 4) is 0 Å².